The van der Waals surface area contributed by atoms with Gasteiger partial charge in [0.1, 0.15) is 18.1 Å². The van der Waals surface area contributed by atoms with Gasteiger partial charge in [0, 0.05) is 19.6 Å². The molecule has 13 heteroatoms. The third-order valence-corrected chi connectivity index (χ3v) is 6.51. The number of nitrogens with zero attached hydrogens (tertiary/aromatic N) is 3. The highest BCUT2D eigenvalue weighted by Crippen LogP contribution is 2.26. The Bertz CT molecular complexity index is 788. The van der Waals surface area contributed by atoms with Gasteiger partial charge in [0.2, 0.25) is 17.7 Å². The number of carboxylic acids is 1. The summed E-state index contributed by atoms with van der Waals surface area (Å²) in [5, 5.41) is 12.2. The van der Waals surface area contributed by atoms with Gasteiger partial charge in [-0.2, -0.15) is 0 Å². The molecule has 0 aliphatic carbocycles. The first-order valence-electron chi connectivity index (χ1n) is 12.3. The summed E-state index contributed by atoms with van der Waals surface area (Å²) in [6.45, 7) is 1.53. The standard InChI is InChI=1S/C22H40N8O5/c23-10-2-1-7-15(28-18(31)14(24)6-3-11-27-22(25)26)19(32)29-12-4-8-16(29)20(33)30-13-5-9-17(30)21(34)35/h14-17H,1-13,23-24H2,(H,28,31)(H,34,35)(H4,25,26,27)/t14-,15-,16-,17-/m0/s1. The number of carbonyl (C=O) groups excluding carboxylic acids is 3. The third kappa shape index (κ3) is 8.06. The Hall–Kier alpha value is -2.93. The summed E-state index contributed by atoms with van der Waals surface area (Å²) in [6.07, 6.45) is 4.60. The molecular weight excluding hydrogens is 456 g/mol. The highest BCUT2D eigenvalue weighted by molar-refractivity contribution is 5.94. The molecule has 4 atom stereocenters. The van der Waals surface area contributed by atoms with E-state index in [2.05, 4.69) is 10.3 Å². The van der Waals surface area contributed by atoms with Gasteiger partial charge in [-0.15, -0.1) is 0 Å². The predicted octanol–water partition coefficient (Wildman–Crippen LogP) is -1.95. The molecule has 0 spiro atoms. The maximum Gasteiger partial charge on any atom is 0.326 e. The van der Waals surface area contributed by atoms with Crippen LogP contribution in [0.25, 0.3) is 0 Å². The molecule has 2 rings (SSSR count). The fourth-order valence-electron chi connectivity index (χ4n) is 4.65. The Morgan fingerprint density at radius 3 is 2.26 bits per heavy atom. The molecule has 2 aliphatic heterocycles. The Kier molecular flexibility index (Phi) is 11.2. The average Bonchev–Trinajstić information content (AvgIpc) is 3.50. The van der Waals surface area contributed by atoms with Gasteiger partial charge in [0.25, 0.3) is 0 Å². The lowest BCUT2D eigenvalue weighted by Gasteiger charge is -2.32. The maximum atomic E-state index is 13.5. The molecule has 13 nitrogen and oxygen atoms in total. The second kappa shape index (κ2) is 13.8. The van der Waals surface area contributed by atoms with Crippen LogP contribution in [0, 0.1) is 0 Å². The summed E-state index contributed by atoms with van der Waals surface area (Å²) in [5.41, 5.74) is 22.2. The van der Waals surface area contributed by atoms with Gasteiger partial charge in [-0.3, -0.25) is 19.4 Å². The molecule has 2 heterocycles. The van der Waals surface area contributed by atoms with Crippen molar-refractivity contribution in [3.8, 4) is 0 Å². The topological polar surface area (TPSA) is 223 Å². The fraction of sp³-hybridized carbons (Fsp3) is 0.773. The summed E-state index contributed by atoms with van der Waals surface area (Å²) in [4.78, 5) is 57.7. The van der Waals surface area contributed by atoms with E-state index in [1.54, 1.807) is 0 Å². The van der Waals surface area contributed by atoms with Crippen LogP contribution in [-0.4, -0.2) is 94.9 Å². The smallest absolute Gasteiger partial charge is 0.326 e. The van der Waals surface area contributed by atoms with E-state index in [9.17, 15) is 24.3 Å². The lowest BCUT2D eigenvalue weighted by atomic mass is 10.1. The summed E-state index contributed by atoms with van der Waals surface area (Å²) in [6, 6.07) is -3.28. The molecule has 2 aliphatic rings. The van der Waals surface area contributed by atoms with Crippen molar-refractivity contribution in [1.29, 1.82) is 0 Å². The van der Waals surface area contributed by atoms with Crippen molar-refractivity contribution in [3.05, 3.63) is 0 Å². The van der Waals surface area contributed by atoms with E-state index in [4.69, 9.17) is 22.9 Å². The number of carbonyl (C=O) groups is 4. The van der Waals surface area contributed by atoms with E-state index in [1.807, 2.05) is 0 Å². The fourth-order valence-corrected chi connectivity index (χ4v) is 4.65. The first kappa shape index (κ1) is 28.3. The number of likely N-dealkylation sites (tertiary alicyclic amines) is 2. The van der Waals surface area contributed by atoms with Crippen molar-refractivity contribution in [2.75, 3.05) is 26.2 Å². The Morgan fingerprint density at radius 1 is 0.971 bits per heavy atom. The van der Waals surface area contributed by atoms with Crippen molar-refractivity contribution >= 4 is 29.7 Å². The Balaban J connectivity index is 2.06. The van der Waals surface area contributed by atoms with Crippen molar-refractivity contribution in [2.24, 2.45) is 27.9 Å². The number of guanidine groups is 1. The number of rotatable bonds is 13. The summed E-state index contributed by atoms with van der Waals surface area (Å²) < 4.78 is 0. The van der Waals surface area contributed by atoms with Crippen LogP contribution >= 0.6 is 0 Å². The molecule has 10 N–H and O–H groups in total. The van der Waals surface area contributed by atoms with Crippen molar-refractivity contribution in [1.82, 2.24) is 15.1 Å². The minimum atomic E-state index is -1.03. The zero-order valence-corrected chi connectivity index (χ0v) is 20.2. The highest BCUT2D eigenvalue weighted by Gasteiger charge is 2.43. The average molecular weight is 497 g/mol. The van der Waals surface area contributed by atoms with Crippen LogP contribution in [0.1, 0.15) is 57.8 Å². The number of unbranched alkanes of at least 4 members (excludes halogenated alkanes) is 1. The number of amides is 3. The second-order valence-electron chi connectivity index (χ2n) is 9.12. The van der Waals surface area contributed by atoms with Gasteiger partial charge in [-0.05, 0) is 64.3 Å². The van der Waals surface area contributed by atoms with Crippen LogP contribution in [0.4, 0.5) is 0 Å². The zero-order valence-electron chi connectivity index (χ0n) is 20.2. The molecule has 3 amide bonds. The normalized spacial score (nSPS) is 21.4. The van der Waals surface area contributed by atoms with Gasteiger partial charge in [0.05, 0.1) is 6.04 Å². The molecule has 198 valence electrons. The number of nitrogens with two attached hydrogens (primary N) is 4. The zero-order chi connectivity index (χ0) is 26.0. The summed E-state index contributed by atoms with van der Waals surface area (Å²) >= 11 is 0. The second-order valence-corrected chi connectivity index (χ2v) is 9.12. The minimum Gasteiger partial charge on any atom is -0.480 e. The van der Waals surface area contributed by atoms with Crippen LogP contribution < -0.4 is 28.3 Å². The monoisotopic (exact) mass is 496 g/mol. The van der Waals surface area contributed by atoms with Gasteiger partial charge < -0.3 is 43.2 Å². The van der Waals surface area contributed by atoms with Crippen LogP contribution in [0.5, 0.6) is 0 Å². The number of aliphatic imine (C=N–C) groups is 1. The summed E-state index contributed by atoms with van der Waals surface area (Å²) in [7, 11) is 0. The molecule has 2 fully saturated rings. The van der Waals surface area contributed by atoms with E-state index >= 15 is 0 Å². The first-order valence-corrected chi connectivity index (χ1v) is 12.3. The van der Waals surface area contributed by atoms with Gasteiger partial charge in [-0.25, -0.2) is 4.79 Å². The number of hydrogen-bond acceptors (Lipinski definition) is 7. The molecule has 0 bridgehead atoms. The molecule has 0 aromatic carbocycles. The van der Waals surface area contributed by atoms with Crippen LogP contribution in [0.3, 0.4) is 0 Å². The molecule has 35 heavy (non-hydrogen) atoms. The number of carboxylic acid groups (broad SMARTS) is 1. The molecule has 2 saturated heterocycles. The van der Waals surface area contributed by atoms with Crippen molar-refractivity contribution in [2.45, 2.75) is 82.0 Å². The number of nitrogens with one attached hydrogen (secondary N) is 1. The summed E-state index contributed by atoms with van der Waals surface area (Å²) in [5.74, 6) is -2.23. The predicted molar refractivity (Wildman–Crippen MR) is 130 cm³/mol. The lowest BCUT2D eigenvalue weighted by Crippen LogP contribution is -2.56. The quantitative estimate of drug-likeness (QED) is 0.0945. The largest absolute Gasteiger partial charge is 0.480 e. The minimum absolute atomic E-state index is 0.0353. The molecule has 0 aromatic rings. The highest BCUT2D eigenvalue weighted by atomic mass is 16.4. The third-order valence-electron chi connectivity index (χ3n) is 6.51. The van der Waals surface area contributed by atoms with Crippen LogP contribution in [0.2, 0.25) is 0 Å². The van der Waals surface area contributed by atoms with Crippen LogP contribution in [-0.2, 0) is 19.2 Å². The molecule has 0 radical (unpaired) electrons. The van der Waals surface area contributed by atoms with Gasteiger partial charge in [0.15, 0.2) is 5.96 Å². The Labute approximate surface area is 205 Å². The van der Waals surface area contributed by atoms with Crippen molar-refractivity contribution in [3.63, 3.8) is 0 Å². The first-order chi connectivity index (χ1) is 16.7. The van der Waals surface area contributed by atoms with Crippen LogP contribution in [0.15, 0.2) is 4.99 Å². The molecule has 0 saturated carbocycles. The molecule has 0 unspecified atom stereocenters. The lowest BCUT2D eigenvalue weighted by molar-refractivity contribution is -0.152. The molecular formula is C22H40N8O5. The molecule has 0 aromatic heterocycles. The number of aliphatic carboxylic acids is 1. The van der Waals surface area contributed by atoms with E-state index in [0.717, 1.165) is 0 Å². The van der Waals surface area contributed by atoms with Crippen molar-refractivity contribution < 1.29 is 24.3 Å². The number of hydrogen-bond donors (Lipinski definition) is 6. The SMILES string of the molecule is NCCCC[C@H](NC(=O)[C@@H](N)CCCN=C(N)N)C(=O)N1CCC[C@H]1C(=O)N1CCC[C@H]1C(=O)O. The van der Waals surface area contributed by atoms with E-state index < -0.39 is 36.0 Å². The van der Waals surface area contributed by atoms with Gasteiger partial charge >= 0.3 is 5.97 Å². The maximum absolute atomic E-state index is 13.5. The Morgan fingerprint density at radius 2 is 1.63 bits per heavy atom. The van der Waals surface area contributed by atoms with E-state index in [0.29, 0.717) is 84.0 Å². The van der Waals surface area contributed by atoms with E-state index in [1.165, 1.54) is 9.80 Å². The van der Waals surface area contributed by atoms with Gasteiger partial charge in [-0.1, -0.05) is 0 Å². The van der Waals surface area contributed by atoms with E-state index in [-0.39, 0.29) is 17.8 Å².